The summed E-state index contributed by atoms with van der Waals surface area (Å²) in [7, 11) is 0. The maximum absolute atomic E-state index is 12.4. The molecule has 0 saturated carbocycles. The van der Waals surface area contributed by atoms with Crippen LogP contribution in [0.3, 0.4) is 0 Å². The summed E-state index contributed by atoms with van der Waals surface area (Å²) in [6.45, 7) is 10.4. The van der Waals surface area contributed by atoms with Crippen LogP contribution >= 0.6 is 0 Å². The molecular weight excluding hydrogens is 332 g/mol. The van der Waals surface area contributed by atoms with E-state index in [-0.39, 0.29) is 18.6 Å². The van der Waals surface area contributed by atoms with Crippen molar-refractivity contribution in [2.45, 2.75) is 34.3 Å². The molecule has 7 heteroatoms. The second-order valence-corrected chi connectivity index (χ2v) is 7.87. The van der Waals surface area contributed by atoms with Crippen LogP contribution in [0.25, 0.3) is 0 Å². The van der Waals surface area contributed by atoms with Gasteiger partial charge in [0.25, 0.3) is 0 Å². The van der Waals surface area contributed by atoms with E-state index in [1.54, 1.807) is 11.0 Å². The number of nitrogens with zero attached hydrogens (tertiary/aromatic N) is 2. The fraction of sp³-hybridized carbons (Fsp3) is 0.526. The zero-order chi connectivity index (χ0) is 18.9. The van der Waals surface area contributed by atoms with Gasteiger partial charge in [-0.05, 0) is 30.2 Å². The minimum absolute atomic E-state index is 0.0275. The Balaban J connectivity index is 1.63. The molecule has 0 aliphatic carbocycles. The molecule has 1 aromatic rings. The Bertz CT molecular complexity index is 749. The van der Waals surface area contributed by atoms with E-state index < -0.39 is 5.41 Å². The van der Waals surface area contributed by atoms with E-state index in [1.165, 1.54) is 11.1 Å². The Hall–Kier alpha value is -2.41. The maximum atomic E-state index is 12.4. The van der Waals surface area contributed by atoms with Crippen LogP contribution in [0.2, 0.25) is 0 Å². The van der Waals surface area contributed by atoms with Gasteiger partial charge in [0, 0.05) is 37.3 Å². The molecule has 2 aliphatic heterocycles. The van der Waals surface area contributed by atoms with Gasteiger partial charge in [-0.3, -0.25) is 9.78 Å². The van der Waals surface area contributed by atoms with Gasteiger partial charge in [-0.25, -0.2) is 4.79 Å². The van der Waals surface area contributed by atoms with E-state index in [0.29, 0.717) is 24.5 Å². The van der Waals surface area contributed by atoms with Gasteiger partial charge in [0.05, 0.1) is 5.69 Å². The van der Waals surface area contributed by atoms with Crippen molar-refractivity contribution >= 4 is 17.7 Å². The number of hydrogen-bond acceptors (Lipinski definition) is 5. The molecule has 2 N–H and O–H groups in total. The maximum Gasteiger partial charge on any atom is 0.410 e. The minimum Gasteiger partial charge on any atom is -0.443 e. The van der Waals surface area contributed by atoms with E-state index in [4.69, 9.17) is 4.74 Å². The summed E-state index contributed by atoms with van der Waals surface area (Å²) in [5.74, 6) is -0.108. The molecule has 0 aromatic carbocycles. The number of pyridine rings is 1. The van der Waals surface area contributed by atoms with Gasteiger partial charge >= 0.3 is 6.09 Å². The first-order valence-electron chi connectivity index (χ1n) is 8.84. The molecule has 0 atom stereocenters. The zero-order valence-corrected chi connectivity index (χ0v) is 15.8. The molecule has 0 fully saturated rings. The number of carbonyl (C=O) groups excluding carboxylic acids is 2. The average molecular weight is 358 g/mol. The van der Waals surface area contributed by atoms with Crippen molar-refractivity contribution in [2.75, 3.05) is 31.5 Å². The lowest BCUT2D eigenvalue weighted by atomic mass is 9.95. The molecule has 3 rings (SSSR count). The summed E-state index contributed by atoms with van der Waals surface area (Å²) in [6.07, 6.45) is -0.351. The molecular formula is C19H26N4O3. The number of amides is 2. The van der Waals surface area contributed by atoms with Crippen LogP contribution in [0.4, 0.5) is 10.5 Å². The van der Waals surface area contributed by atoms with Crippen molar-refractivity contribution in [1.29, 1.82) is 0 Å². The Labute approximate surface area is 153 Å². The van der Waals surface area contributed by atoms with Crippen LogP contribution in [-0.2, 0) is 16.1 Å². The lowest BCUT2D eigenvalue weighted by Gasteiger charge is -2.20. The van der Waals surface area contributed by atoms with E-state index in [9.17, 15) is 9.59 Å². The predicted octanol–water partition coefficient (Wildman–Crippen LogP) is 2.23. The molecule has 0 spiro atoms. The summed E-state index contributed by atoms with van der Waals surface area (Å²) in [4.78, 5) is 30.8. The Morgan fingerprint density at radius 1 is 1.23 bits per heavy atom. The van der Waals surface area contributed by atoms with Crippen molar-refractivity contribution in [2.24, 2.45) is 5.41 Å². The molecule has 2 aliphatic rings. The van der Waals surface area contributed by atoms with Gasteiger partial charge < -0.3 is 20.3 Å². The summed E-state index contributed by atoms with van der Waals surface area (Å²) in [5.41, 5.74) is 3.99. The van der Waals surface area contributed by atoms with Crippen LogP contribution < -0.4 is 10.6 Å². The highest BCUT2D eigenvalue weighted by Gasteiger charge is 2.29. The van der Waals surface area contributed by atoms with Gasteiger partial charge in [-0.2, -0.15) is 0 Å². The largest absolute Gasteiger partial charge is 0.443 e. The normalized spacial score (nSPS) is 16.7. The quantitative estimate of drug-likeness (QED) is 0.810. The number of aromatic nitrogens is 1. The third kappa shape index (κ3) is 4.04. The highest BCUT2D eigenvalue weighted by molar-refractivity contribution is 5.95. The van der Waals surface area contributed by atoms with Crippen molar-refractivity contribution in [3.05, 3.63) is 34.7 Å². The van der Waals surface area contributed by atoms with Crippen LogP contribution in [-0.4, -0.2) is 48.1 Å². The van der Waals surface area contributed by atoms with Crippen molar-refractivity contribution in [1.82, 2.24) is 15.2 Å². The van der Waals surface area contributed by atoms with Gasteiger partial charge in [0.1, 0.15) is 12.3 Å². The van der Waals surface area contributed by atoms with Crippen molar-refractivity contribution in [3.8, 4) is 0 Å². The van der Waals surface area contributed by atoms with Crippen molar-refractivity contribution < 1.29 is 14.3 Å². The SMILES string of the molecule is Cc1ccc(NC(=O)C(C)(C)C)c(COC(=O)N2CC3=C(CNC3)C2)n1. The van der Waals surface area contributed by atoms with Gasteiger partial charge in [-0.1, -0.05) is 20.8 Å². The summed E-state index contributed by atoms with van der Waals surface area (Å²) < 4.78 is 5.47. The Morgan fingerprint density at radius 2 is 1.88 bits per heavy atom. The molecule has 2 amide bonds. The van der Waals surface area contributed by atoms with Crippen LogP contribution in [0.5, 0.6) is 0 Å². The molecule has 0 radical (unpaired) electrons. The van der Waals surface area contributed by atoms with Crippen LogP contribution in [0.15, 0.2) is 23.3 Å². The second-order valence-electron chi connectivity index (χ2n) is 7.87. The fourth-order valence-electron chi connectivity index (χ4n) is 2.96. The molecule has 0 unspecified atom stereocenters. The first-order valence-corrected chi connectivity index (χ1v) is 8.84. The van der Waals surface area contributed by atoms with Gasteiger partial charge in [0.15, 0.2) is 0 Å². The lowest BCUT2D eigenvalue weighted by molar-refractivity contribution is -0.123. The number of nitrogens with one attached hydrogen (secondary N) is 2. The highest BCUT2D eigenvalue weighted by Crippen LogP contribution is 2.23. The van der Waals surface area contributed by atoms with E-state index in [2.05, 4.69) is 15.6 Å². The molecule has 0 saturated heterocycles. The zero-order valence-electron chi connectivity index (χ0n) is 15.8. The molecule has 0 bridgehead atoms. The van der Waals surface area contributed by atoms with Crippen LogP contribution in [0.1, 0.15) is 32.2 Å². The number of aryl methyl sites for hydroxylation is 1. The van der Waals surface area contributed by atoms with E-state index in [0.717, 1.165) is 18.8 Å². The predicted molar refractivity (Wildman–Crippen MR) is 98.7 cm³/mol. The fourth-order valence-corrected chi connectivity index (χ4v) is 2.96. The van der Waals surface area contributed by atoms with Crippen molar-refractivity contribution in [3.63, 3.8) is 0 Å². The molecule has 26 heavy (non-hydrogen) atoms. The number of anilines is 1. The first kappa shape index (κ1) is 18.4. The Morgan fingerprint density at radius 3 is 2.50 bits per heavy atom. The third-order valence-corrected chi connectivity index (χ3v) is 4.57. The van der Waals surface area contributed by atoms with E-state index in [1.807, 2.05) is 33.8 Å². The summed E-state index contributed by atoms with van der Waals surface area (Å²) in [6, 6.07) is 3.62. The molecule has 3 heterocycles. The van der Waals surface area contributed by atoms with E-state index >= 15 is 0 Å². The number of ether oxygens (including phenoxy) is 1. The number of rotatable bonds is 3. The van der Waals surface area contributed by atoms with Gasteiger partial charge in [0.2, 0.25) is 5.91 Å². The lowest BCUT2D eigenvalue weighted by Crippen LogP contribution is -2.33. The monoisotopic (exact) mass is 358 g/mol. The standard InChI is InChI=1S/C19H26N4O3/c1-12-5-6-15(22-17(24)19(2,3)4)16(21-12)11-26-18(25)23-9-13-7-20-8-14(13)10-23/h5-6,20H,7-11H2,1-4H3,(H,22,24). The van der Waals surface area contributed by atoms with Gasteiger partial charge in [-0.15, -0.1) is 0 Å². The smallest absolute Gasteiger partial charge is 0.410 e. The van der Waals surface area contributed by atoms with Crippen LogP contribution in [0, 0.1) is 12.3 Å². The number of hydrogen-bond donors (Lipinski definition) is 2. The highest BCUT2D eigenvalue weighted by atomic mass is 16.6. The third-order valence-electron chi connectivity index (χ3n) is 4.57. The summed E-state index contributed by atoms with van der Waals surface area (Å²) >= 11 is 0. The number of carbonyl (C=O) groups is 2. The minimum atomic E-state index is -0.519. The molecule has 7 nitrogen and oxygen atoms in total. The topological polar surface area (TPSA) is 83.6 Å². The Kier molecular flexibility index (Phi) is 5.00. The summed E-state index contributed by atoms with van der Waals surface area (Å²) in [5, 5.41) is 6.16. The molecule has 1 aromatic heterocycles. The first-order chi connectivity index (χ1) is 12.2. The average Bonchev–Trinajstić information content (AvgIpc) is 3.15. The molecule has 140 valence electrons. The second kappa shape index (κ2) is 7.07.